The number of benzene rings is 1. The zero-order valence-corrected chi connectivity index (χ0v) is 13.0. The minimum absolute atomic E-state index is 0.0662. The van der Waals surface area contributed by atoms with E-state index in [4.69, 9.17) is 0 Å². The Balaban J connectivity index is 2.70. The van der Waals surface area contributed by atoms with E-state index in [9.17, 15) is 8.42 Å². The molecule has 0 saturated carbocycles. The Labute approximate surface area is 116 Å². The Bertz CT molecular complexity index is 504. The second-order valence-electron chi connectivity index (χ2n) is 5.50. The Kier molecular flexibility index (Phi) is 5.38. The molecule has 5 heteroatoms. The topological polar surface area (TPSA) is 58.2 Å². The van der Waals surface area contributed by atoms with Crippen molar-refractivity contribution in [3.63, 3.8) is 0 Å². The fourth-order valence-corrected chi connectivity index (χ4v) is 2.75. The maximum Gasteiger partial charge on any atom is 0.180 e. The summed E-state index contributed by atoms with van der Waals surface area (Å²) in [6.45, 7) is 9.43. The van der Waals surface area contributed by atoms with E-state index in [1.54, 1.807) is 25.1 Å². The lowest BCUT2D eigenvalue weighted by molar-refractivity contribution is 0.435. The fourth-order valence-electron chi connectivity index (χ4n) is 1.67. The van der Waals surface area contributed by atoms with E-state index < -0.39 is 9.84 Å². The van der Waals surface area contributed by atoms with E-state index in [0.717, 1.165) is 6.54 Å². The van der Waals surface area contributed by atoms with Crippen LogP contribution in [0.15, 0.2) is 29.2 Å². The van der Waals surface area contributed by atoms with Gasteiger partial charge in [-0.3, -0.25) is 0 Å². The van der Waals surface area contributed by atoms with Crippen molar-refractivity contribution in [1.82, 2.24) is 5.32 Å². The van der Waals surface area contributed by atoms with Crippen molar-refractivity contribution < 1.29 is 8.42 Å². The van der Waals surface area contributed by atoms with Gasteiger partial charge in [-0.2, -0.15) is 0 Å². The predicted octanol–water partition coefficient (Wildman–Crippen LogP) is 2.28. The zero-order valence-electron chi connectivity index (χ0n) is 12.2. The summed E-state index contributed by atoms with van der Waals surface area (Å²) < 4.78 is 23.9. The lowest BCUT2D eigenvalue weighted by Crippen LogP contribution is -2.38. The minimum atomic E-state index is -3.18. The third kappa shape index (κ3) is 5.20. The number of hydrogen-bond acceptors (Lipinski definition) is 4. The molecule has 1 aromatic carbocycles. The van der Waals surface area contributed by atoms with E-state index in [0.29, 0.717) is 17.1 Å². The summed E-state index contributed by atoms with van der Waals surface area (Å²) in [5.41, 5.74) is 0.747. The zero-order chi connectivity index (χ0) is 14.5. The van der Waals surface area contributed by atoms with Crippen LogP contribution in [0.2, 0.25) is 0 Å². The number of nitrogens with one attached hydrogen (secondary N) is 2. The minimum Gasteiger partial charge on any atom is -0.383 e. The second kappa shape index (κ2) is 6.39. The van der Waals surface area contributed by atoms with Crippen LogP contribution in [0.4, 0.5) is 5.69 Å². The Morgan fingerprint density at radius 1 is 1.11 bits per heavy atom. The molecule has 19 heavy (non-hydrogen) atoms. The van der Waals surface area contributed by atoms with Crippen molar-refractivity contribution in [2.75, 3.05) is 24.2 Å². The second-order valence-corrected chi connectivity index (χ2v) is 7.75. The van der Waals surface area contributed by atoms with Crippen LogP contribution in [0.3, 0.4) is 0 Å². The smallest absolute Gasteiger partial charge is 0.180 e. The highest BCUT2D eigenvalue weighted by Gasteiger charge is 2.15. The first-order valence-corrected chi connectivity index (χ1v) is 8.22. The van der Waals surface area contributed by atoms with Gasteiger partial charge in [-0.15, -0.1) is 0 Å². The molecule has 0 amide bonds. The number of hydrogen-bond donors (Lipinski definition) is 2. The number of sulfone groups is 1. The largest absolute Gasteiger partial charge is 0.383 e. The van der Waals surface area contributed by atoms with Gasteiger partial charge in [0, 0.05) is 18.6 Å². The van der Waals surface area contributed by atoms with E-state index in [-0.39, 0.29) is 11.3 Å². The first kappa shape index (κ1) is 16.0. The van der Waals surface area contributed by atoms with Gasteiger partial charge in [-0.1, -0.05) is 19.1 Å². The van der Waals surface area contributed by atoms with E-state index >= 15 is 0 Å². The van der Waals surface area contributed by atoms with E-state index in [2.05, 4.69) is 31.4 Å². The van der Waals surface area contributed by atoms with Crippen molar-refractivity contribution in [2.24, 2.45) is 0 Å². The fraction of sp³-hybridized carbons (Fsp3) is 0.571. The number of para-hydroxylation sites is 1. The molecule has 0 aromatic heterocycles. The summed E-state index contributed by atoms with van der Waals surface area (Å²) >= 11 is 0. The summed E-state index contributed by atoms with van der Waals surface area (Å²) in [5, 5.41) is 6.54. The monoisotopic (exact) mass is 284 g/mol. The van der Waals surface area contributed by atoms with Gasteiger partial charge < -0.3 is 10.6 Å². The molecule has 1 aromatic rings. The van der Waals surface area contributed by atoms with Gasteiger partial charge >= 0.3 is 0 Å². The molecule has 4 nitrogen and oxygen atoms in total. The maximum absolute atomic E-state index is 12.0. The van der Waals surface area contributed by atoms with Gasteiger partial charge in [-0.25, -0.2) is 8.42 Å². The van der Waals surface area contributed by atoms with Crippen LogP contribution in [-0.4, -0.2) is 32.8 Å². The number of anilines is 1. The van der Waals surface area contributed by atoms with E-state index in [1.807, 2.05) is 6.07 Å². The normalized spacial score (nSPS) is 12.4. The molecular weight excluding hydrogens is 260 g/mol. The van der Waals surface area contributed by atoms with Crippen LogP contribution in [0.25, 0.3) is 0 Å². The lowest BCUT2D eigenvalue weighted by Gasteiger charge is -2.21. The van der Waals surface area contributed by atoms with Crippen molar-refractivity contribution in [3.8, 4) is 0 Å². The van der Waals surface area contributed by atoms with Crippen LogP contribution >= 0.6 is 0 Å². The summed E-state index contributed by atoms with van der Waals surface area (Å²) in [4.78, 5) is 0.383. The average Bonchev–Trinajstić information content (AvgIpc) is 2.34. The van der Waals surface area contributed by atoms with E-state index in [1.165, 1.54) is 0 Å². The van der Waals surface area contributed by atoms with Crippen molar-refractivity contribution in [1.29, 1.82) is 0 Å². The van der Waals surface area contributed by atoms with Crippen molar-refractivity contribution >= 4 is 15.5 Å². The molecule has 108 valence electrons. The van der Waals surface area contributed by atoms with Crippen molar-refractivity contribution in [2.45, 2.75) is 38.1 Å². The van der Waals surface area contributed by atoms with Gasteiger partial charge in [0.1, 0.15) is 0 Å². The molecule has 0 saturated heterocycles. The van der Waals surface area contributed by atoms with Gasteiger partial charge in [0.05, 0.1) is 16.3 Å². The van der Waals surface area contributed by atoms with Crippen LogP contribution in [-0.2, 0) is 9.84 Å². The van der Waals surface area contributed by atoms with Crippen LogP contribution in [0, 0.1) is 0 Å². The summed E-state index contributed by atoms with van der Waals surface area (Å²) in [7, 11) is -3.18. The first-order valence-electron chi connectivity index (χ1n) is 6.57. The molecule has 0 radical (unpaired) electrons. The third-order valence-electron chi connectivity index (χ3n) is 2.70. The summed E-state index contributed by atoms with van der Waals surface area (Å²) in [6, 6.07) is 7.05. The molecule has 0 heterocycles. The Hall–Kier alpha value is -1.07. The molecule has 0 fully saturated rings. The van der Waals surface area contributed by atoms with Crippen molar-refractivity contribution in [3.05, 3.63) is 24.3 Å². The molecule has 0 aliphatic heterocycles. The highest BCUT2D eigenvalue weighted by molar-refractivity contribution is 7.91. The average molecular weight is 284 g/mol. The summed E-state index contributed by atoms with van der Waals surface area (Å²) in [5.74, 6) is 0.117. The standard InChI is InChI=1S/C14H24N2O2S/c1-5-19(17,18)13-9-7-6-8-12(13)15-10-11-16-14(2,3)4/h6-9,15-16H,5,10-11H2,1-4H3. The highest BCUT2D eigenvalue weighted by atomic mass is 32.2. The lowest BCUT2D eigenvalue weighted by atomic mass is 10.1. The van der Waals surface area contributed by atoms with Gasteiger partial charge in [-0.05, 0) is 32.9 Å². The Morgan fingerprint density at radius 3 is 2.32 bits per heavy atom. The molecule has 1 rings (SSSR count). The SMILES string of the molecule is CCS(=O)(=O)c1ccccc1NCCNC(C)(C)C. The van der Waals surface area contributed by atoms with Crippen LogP contribution < -0.4 is 10.6 Å². The molecular formula is C14H24N2O2S. The van der Waals surface area contributed by atoms with Crippen LogP contribution in [0.5, 0.6) is 0 Å². The van der Waals surface area contributed by atoms with Gasteiger partial charge in [0.25, 0.3) is 0 Å². The van der Waals surface area contributed by atoms with Crippen LogP contribution in [0.1, 0.15) is 27.7 Å². The Morgan fingerprint density at radius 2 is 1.74 bits per heavy atom. The molecule has 0 aliphatic carbocycles. The molecule has 0 unspecified atom stereocenters. The van der Waals surface area contributed by atoms with Gasteiger partial charge in [0.2, 0.25) is 0 Å². The molecule has 2 N–H and O–H groups in total. The molecule has 0 atom stereocenters. The molecule has 0 bridgehead atoms. The molecule has 0 spiro atoms. The van der Waals surface area contributed by atoms with Gasteiger partial charge in [0.15, 0.2) is 9.84 Å². The number of rotatable bonds is 6. The quantitative estimate of drug-likeness (QED) is 0.787. The highest BCUT2D eigenvalue weighted by Crippen LogP contribution is 2.21. The third-order valence-corrected chi connectivity index (χ3v) is 4.48. The molecule has 0 aliphatic rings. The predicted molar refractivity (Wildman–Crippen MR) is 80.4 cm³/mol. The first-order chi connectivity index (χ1) is 8.76. The maximum atomic E-state index is 12.0. The summed E-state index contributed by atoms with van der Waals surface area (Å²) in [6.07, 6.45) is 0.